The molecule has 0 fully saturated rings. The van der Waals surface area contributed by atoms with E-state index in [-0.39, 0.29) is 11.9 Å². The van der Waals surface area contributed by atoms with Gasteiger partial charge < -0.3 is 5.32 Å². The number of tetrazole rings is 1. The van der Waals surface area contributed by atoms with Gasteiger partial charge in [-0.3, -0.25) is 4.79 Å². The predicted octanol–water partition coefficient (Wildman–Crippen LogP) is 2.21. The van der Waals surface area contributed by atoms with E-state index in [4.69, 9.17) is 0 Å². The van der Waals surface area contributed by atoms with Crippen molar-refractivity contribution in [3.8, 4) is 5.69 Å². The third-order valence-corrected chi connectivity index (χ3v) is 4.12. The second-order valence-corrected chi connectivity index (χ2v) is 5.46. The van der Waals surface area contributed by atoms with Crippen LogP contribution in [0.15, 0.2) is 48.1 Å². The Bertz CT molecular complexity index is 724. The third-order valence-electron chi connectivity index (χ3n) is 3.06. The molecule has 21 heavy (non-hydrogen) atoms. The lowest BCUT2D eigenvalue weighted by atomic mass is 10.1. The monoisotopic (exact) mass is 299 g/mol. The minimum absolute atomic E-state index is 0.0422. The topological polar surface area (TPSA) is 72.7 Å². The number of para-hydroxylation sites is 1. The smallest absolute Gasteiger partial charge is 0.253 e. The van der Waals surface area contributed by atoms with E-state index in [1.165, 1.54) is 11.0 Å². The van der Waals surface area contributed by atoms with Crippen molar-refractivity contribution in [2.24, 2.45) is 0 Å². The van der Waals surface area contributed by atoms with Crippen LogP contribution in [0.5, 0.6) is 0 Å². The van der Waals surface area contributed by atoms with E-state index in [9.17, 15) is 4.79 Å². The van der Waals surface area contributed by atoms with E-state index >= 15 is 0 Å². The molecule has 2 heterocycles. The Balaban J connectivity index is 1.85. The highest BCUT2D eigenvalue weighted by atomic mass is 32.1. The van der Waals surface area contributed by atoms with Gasteiger partial charge in [0.1, 0.15) is 6.33 Å². The summed E-state index contributed by atoms with van der Waals surface area (Å²) in [5.74, 6) is -0.151. The van der Waals surface area contributed by atoms with Crippen molar-refractivity contribution in [3.05, 3.63) is 58.5 Å². The van der Waals surface area contributed by atoms with Crippen LogP contribution in [0.2, 0.25) is 0 Å². The zero-order chi connectivity index (χ0) is 14.7. The predicted molar refractivity (Wildman–Crippen MR) is 79.4 cm³/mol. The van der Waals surface area contributed by atoms with Crippen LogP contribution in [0.25, 0.3) is 5.69 Å². The first-order valence-corrected chi connectivity index (χ1v) is 7.30. The molecule has 0 aliphatic heterocycles. The molecular formula is C14H13N5OS. The van der Waals surface area contributed by atoms with Gasteiger partial charge in [0, 0.05) is 4.88 Å². The lowest BCUT2D eigenvalue weighted by Crippen LogP contribution is -2.27. The van der Waals surface area contributed by atoms with Crippen LogP contribution in [-0.4, -0.2) is 26.1 Å². The summed E-state index contributed by atoms with van der Waals surface area (Å²) in [5.41, 5.74) is 1.19. The van der Waals surface area contributed by atoms with Gasteiger partial charge in [0.05, 0.1) is 17.3 Å². The molecule has 3 rings (SSSR count). The average Bonchev–Trinajstić information content (AvgIpc) is 3.20. The van der Waals surface area contributed by atoms with Crippen LogP contribution in [0.1, 0.15) is 28.2 Å². The zero-order valence-corrected chi connectivity index (χ0v) is 12.1. The molecule has 106 valence electrons. The van der Waals surface area contributed by atoms with E-state index < -0.39 is 0 Å². The van der Waals surface area contributed by atoms with Crippen molar-refractivity contribution in [2.45, 2.75) is 13.0 Å². The van der Waals surface area contributed by atoms with Crippen LogP contribution in [0, 0.1) is 0 Å². The number of hydrogen-bond donors (Lipinski definition) is 1. The summed E-state index contributed by atoms with van der Waals surface area (Å²) in [6.07, 6.45) is 1.47. The largest absolute Gasteiger partial charge is 0.345 e. The van der Waals surface area contributed by atoms with Gasteiger partial charge in [-0.2, -0.15) is 4.68 Å². The van der Waals surface area contributed by atoms with Gasteiger partial charge >= 0.3 is 0 Å². The molecule has 1 amide bonds. The maximum Gasteiger partial charge on any atom is 0.253 e. The molecule has 0 aliphatic rings. The van der Waals surface area contributed by atoms with Crippen LogP contribution < -0.4 is 5.32 Å². The first kappa shape index (κ1) is 13.4. The number of nitrogens with one attached hydrogen (secondary N) is 1. The highest BCUT2D eigenvalue weighted by molar-refractivity contribution is 7.10. The highest BCUT2D eigenvalue weighted by Crippen LogP contribution is 2.20. The molecule has 0 bridgehead atoms. The Morgan fingerprint density at radius 1 is 1.29 bits per heavy atom. The van der Waals surface area contributed by atoms with Gasteiger partial charge in [0.15, 0.2) is 0 Å². The number of nitrogens with zero attached hydrogens (tertiary/aromatic N) is 4. The van der Waals surface area contributed by atoms with Gasteiger partial charge in [0.25, 0.3) is 5.91 Å². The van der Waals surface area contributed by atoms with Crippen molar-refractivity contribution in [1.29, 1.82) is 0 Å². The van der Waals surface area contributed by atoms with Crippen LogP contribution in [0.4, 0.5) is 0 Å². The van der Waals surface area contributed by atoms with Crippen LogP contribution in [0.3, 0.4) is 0 Å². The number of carbonyl (C=O) groups is 1. The molecule has 1 atom stereocenters. The maximum atomic E-state index is 12.5. The number of carbonyl (C=O) groups excluding carboxylic acids is 1. The number of benzene rings is 1. The summed E-state index contributed by atoms with van der Waals surface area (Å²) in [7, 11) is 0. The Morgan fingerprint density at radius 2 is 2.14 bits per heavy atom. The van der Waals surface area contributed by atoms with Gasteiger partial charge in [-0.05, 0) is 40.9 Å². The molecule has 0 radical (unpaired) electrons. The molecule has 7 heteroatoms. The minimum Gasteiger partial charge on any atom is -0.345 e. The van der Waals surface area contributed by atoms with Crippen molar-refractivity contribution in [1.82, 2.24) is 25.5 Å². The van der Waals surface area contributed by atoms with E-state index in [1.54, 1.807) is 23.5 Å². The molecule has 6 nitrogen and oxygen atoms in total. The molecule has 0 saturated carbocycles. The normalized spacial score (nSPS) is 12.0. The second kappa shape index (κ2) is 5.84. The maximum absolute atomic E-state index is 12.5. The van der Waals surface area contributed by atoms with Crippen molar-refractivity contribution < 1.29 is 4.79 Å². The standard InChI is InChI=1S/C14H13N5OS/c1-10(13-7-4-8-21-13)16-14(20)11-5-2-3-6-12(11)19-9-15-17-18-19/h2-10H,1H3,(H,16,20)/t10-/m0/s1. The lowest BCUT2D eigenvalue weighted by Gasteiger charge is -2.14. The average molecular weight is 299 g/mol. The lowest BCUT2D eigenvalue weighted by molar-refractivity contribution is 0.0940. The summed E-state index contributed by atoms with van der Waals surface area (Å²) in [5, 5.41) is 16.0. The number of amides is 1. The fraction of sp³-hybridized carbons (Fsp3) is 0.143. The van der Waals surface area contributed by atoms with E-state index in [2.05, 4.69) is 20.8 Å². The van der Waals surface area contributed by atoms with Crippen molar-refractivity contribution in [2.75, 3.05) is 0 Å². The number of aromatic nitrogens is 4. The molecule has 0 saturated heterocycles. The Labute approximate surface area is 125 Å². The number of rotatable bonds is 4. The van der Waals surface area contributed by atoms with Gasteiger partial charge in [-0.25, -0.2) is 0 Å². The molecule has 1 aromatic carbocycles. The quantitative estimate of drug-likeness (QED) is 0.801. The van der Waals surface area contributed by atoms with Crippen molar-refractivity contribution >= 4 is 17.2 Å². The third kappa shape index (κ3) is 2.82. The Hall–Kier alpha value is -2.54. The molecule has 0 unspecified atom stereocenters. The van der Waals surface area contributed by atoms with Gasteiger partial charge in [-0.1, -0.05) is 18.2 Å². The highest BCUT2D eigenvalue weighted by Gasteiger charge is 2.16. The molecule has 1 N–H and O–H groups in total. The van der Waals surface area contributed by atoms with Crippen LogP contribution in [-0.2, 0) is 0 Å². The minimum atomic E-state index is -0.151. The molecule has 0 aliphatic carbocycles. The Morgan fingerprint density at radius 3 is 2.86 bits per heavy atom. The molecule has 2 aromatic heterocycles. The molecular weight excluding hydrogens is 286 g/mol. The van der Waals surface area contributed by atoms with Gasteiger partial charge in [0.2, 0.25) is 0 Å². The summed E-state index contributed by atoms with van der Waals surface area (Å²) in [4.78, 5) is 13.6. The summed E-state index contributed by atoms with van der Waals surface area (Å²) < 4.78 is 1.48. The van der Waals surface area contributed by atoms with Crippen LogP contribution >= 0.6 is 11.3 Å². The fourth-order valence-electron chi connectivity index (χ4n) is 2.02. The first-order valence-electron chi connectivity index (χ1n) is 6.42. The molecule has 0 spiro atoms. The summed E-state index contributed by atoms with van der Waals surface area (Å²) in [6.45, 7) is 1.96. The van der Waals surface area contributed by atoms with E-state index in [0.717, 1.165) is 4.88 Å². The fourth-order valence-corrected chi connectivity index (χ4v) is 2.75. The number of hydrogen-bond acceptors (Lipinski definition) is 5. The Kier molecular flexibility index (Phi) is 3.74. The summed E-state index contributed by atoms with van der Waals surface area (Å²) in [6, 6.07) is 11.2. The van der Waals surface area contributed by atoms with Gasteiger partial charge in [-0.15, -0.1) is 16.4 Å². The zero-order valence-electron chi connectivity index (χ0n) is 11.3. The second-order valence-electron chi connectivity index (χ2n) is 4.48. The first-order chi connectivity index (χ1) is 10.3. The summed E-state index contributed by atoms with van der Waals surface area (Å²) >= 11 is 1.62. The molecule has 3 aromatic rings. The SMILES string of the molecule is C[C@H](NC(=O)c1ccccc1-n1cnnn1)c1cccs1. The van der Waals surface area contributed by atoms with Crippen molar-refractivity contribution in [3.63, 3.8) is 0 Å². The number of thiophene rings is 1. The van der Waals surface area contributed by atoms with E-state index in [0.29, 0.717) is 11.3 Å². The van der Waals surface area contributed by atoms with E-state index in [1.807, 2.05) is 36.6 Å².